The van der Waals surface area contributed by atoms with Gasteiger partial charge in [0.2, 0.25) is 0 Å². The van der Waals surface area contributed by atoms with Crippen molar-refractivity contribution in [3.8, 4) is 5.75 Å². The number of ether oxygens (including phenoxy) is 1. The summed E-state index contributed by atoms with van der Waals surface area (Å²) in [7, 11) is 0. The predicted molar refractivity (Wildman–Crippen MR) is 125 cm³/mol. The highest BCUT2D eigenvalue weighted by atomic mass is 35.5. The molecule has 0 spiro atoms. The molecule has 34 heavy (non-hydrogen) atoms. The minimum absolute atomic E-state index is 0.0629. The highest BCUT2D eigenvalue weighted by molar-refractivity contribution is 6.30. The molecule has 3 aromatic carbocycles. The Morgan fingerprint density at radius 1 is 0.882 bits per heavy atom. The summed E-state index contributed by atoms with van der Waals surface area (Å²) >= 11 is 5.89. The molecule has 178 valence electrons. The molecular formula is C26H24ClF3N2O2. The van der Waals surface area contributed by atoms with Gasteiger partial charge in [-0.25, -0.2) is 0 Å². The topological polar surface area (TPSA) is 32.8 Å². The average molecular weight is 489 g/mol. The van der Waals surface area contributed by atoms with E-state index in [1.165, 1.54) is 12.1 Å². The highest BCUT2D eigenvalue weighted by Crippen LogP contribution is 2.30. The Balaban J connectivity index is 1.31. The van der Waals surface area contributed by atoms with Gasteiger partial charge in [-0.3, -0.25) is 9.69 Å². The SMILES string of the molecule is O=C(c1cccc(COc2ccc(Cl)cc2)c1)N1CCN(Cc2cccc(C(F)(F)F)c2)CC1. The Kier molecular flexibility index (Phi) is 7.44. The molecule has 4 nitrogen and oxygen atoms in total. The number of piperazine rings is 1. The molecule has 3 aromatic rings. The number of amides is 1. The summed E-state index contributed by atoms with van der Waals surface area (Å²) in [6.45, 7) is 2.98. The Labute approximate surface area is 201 Å². The molecule has 1 amide bonds. The summed E-state index contributed by atoms with van der Waals surface area (Å²) in [5.41, 5.74) is 1.44. The van der Waals surface area contributed by atoms with Crippen molar-refractivity contribution in [3.63, 3.8) is 0 Å². The lowest BCUT2D eigenvalue weighted by atomic mass is 10.1. The van der Waals surface area contributed by atoms with Gasteiger partial charge in [0.15, 0.2) is 0 Å². The second-order valence-electron chi connectivity index (χ2n) is 8.21. The Morgan fingerprint density at radius 2 is 1.56 bits per heavy atom. The fourth-order valence-corrected chi connectivity index (χ4v) is 4.01. The first-order valence-corrected chi connectivity index (χ1v) is 11.3. The van der Waals surface area contributed by atoms with Gasteiger partial charge in [0.1, 0.15) is 12.4 Å². The molecular weight excluding hydrogens is 465 g/mol. The van der Waals surface area contributed by atoms with E-state index in [4.69, 9.17) is 16.3 Å². The zero-order valence-electron chi connectivity index (χ0n) is 18.4. The first kappa shape index (κ1) is 24.1. The van der Waals surface area contributed by atoms with Crippen molar-refractivity contribution in [2.75, 3.05) is 26.2 Å². The second kappa shape index (κ2) is 10.5. The molecule has 0 N–H and O–H groups in total. The molecule has 1 aliphatic heterocycles. The van der Waals surface area contributed by atoms with Crippen molar-refractivity contribution in [2.45, 2.75) is 19.3 Å². The van der Waals surface area contributed by atoms with Crippen molar-refractivity contribution in [1.82, 2.24) is 9.80 Å². The van der Waals surface area contributed by atoms with Gasteiger partial charge in [-0.2, -0.15) is 13.2 Å². The summed E-state index contributed by atoms with van der Waals surface area (Å²) in [6, 6.07) is 19.8. The van der Waals surface area contributed by atoms with Gasteiger partial charge < -0.3 is 9.64 Å². The molecule has 0 radical (unpaired) electrons. The van der Waals surface area contributed by atoms with Crippen LogP contribution < -0.4 is 4.74 Å². The minimum Gasteiger partial charge on any atom is -0.489 e. The van der Waals surface area contributed by atoms with E-state index in [2.05, 4.69) is 4.90 Å². The molecule has 0 aromatic heterocycles. The first-order valence-electron chi connectivity index (χ1n) is 10.9. The van der Waals surface area contributed by atoms with Gasteiger partial charge in [-0.1, -0.05) is 41.9 Å². The summed E-state index contributed by atoms with van der Waals surface area (Å²) in [6.07, 6.45) is -4.35. The predicted octanol–water partition coefficient (Wildman–Crippen LogP) is 5.90. The number of rotatable bonds is 6. The van der Waals surface area contributed by atoms with Crippen LogP contribution in [0.2, 0.25) is 5.02 Å². The van der Waals surface area contributed by atoms with Gasteiger partial charge in [0.05, 0.1) is 5.56 Å². The lowest BCUT2D eigenvalue weighted by molar-refractivity contribution is -0.137. The van der Waals surface area contributed by atoms with E-state index in [0.29, 0.717) is 61.2 Å². The lowest BCUT2D eigenvalue weighted by Crippen LogP contribution is -2.48. The summed E-state index contributed by atoms with van der Waals surface area (Å²) < 4.78 is 44.6. The fourth-order valence-electron chi connectivity index (χ4n) is 3.89. The number of carbonyl (C=O) groups is 1. The molecule has 4 rings (SSSR count). The fraction of sp³-hybridized carbons (Fsp3) is 0.269. The number of benzene rings is 3. The number of halogens is 4. The molecule has 1 heterocycles. The molecule has 0 bridgehead atoms. The van der Waals surface area contributed by atoms with Crippen LogP contribution in [0.15, 0.2) is 72.8 Å². The van der Waals surface area contributed by atoms with Gasteiger partial charge >= 0.3 is 6.18 Å². The third-order valence-electron chi connectivity index (χ3n) is 5.71. The van der Waals surface area contributed by atoms with Crippen LogP contribution in [0.1, 0.15) is 27.0 Å². The summed E-state index contributed by atoms with van der Waals surface area (Å²) in [5.74, 6) is 0.630. The van der Waals surface area contributed by atoms with E-state index >= 15 is 0 Å². The summed E-state index contributed by atoms with van der Waals surface area (Å²) in [5, 5.41) is 0.634. The van der Waals surface area contributed by atoms with Crippen molar-refractivity contribution >= 4 is 17.5 Å². The van der Waals surface area contributed by atoms with E-state index in [1.807, 2.05) is 18.2 Å². The number of hydrogen-bond acceptors (Lipinski definition) is 3. The Bertz CT molecular complexity index is 1130. The molecule has 8 heteroatoms. The number of alkyl halides is 3. The normalized spacial score (nSPS) is 14.8. The van der Waals surface area contributed by atoms with Gasteiger partial charge in [0.25, 0.3) is 5.91 Å². The average Bonchev–Trinajstić information content (AvgIpc) is 2.84. The van der Waals surface area contributed by atoms with Crippen molar-refractivity contribution < 1.29 is 22.7 Å². The van der Waals surface area contributed by atoms with Crippen LogP contribution in [0.4, 0.5) is 13.2 Å². The zero-order valence-corrected chi connectivity index (χ0v) is 19.1. The standard InChI is InChI=1S/C26H24ClF3N2O2/c27-23-7-9-24(10-8-23)34-18-20-4-1-5-21(15-20)25(33)32-13-11-31(12-14-32)17-19-3-2-6-22(16-19)26(28,29)30/h1-10,15-16H,11-14,17-18H2. The smallest absolute Gasteiger partial charge is 0.416 e. The van der Waals surface area contributed by atoms with Gasteiger partial charge in [-0.05, 0) is 53.6 Å². The molecule has 1 saturated heterocycles. The van der Waals surface area contributed by atoms with Crippen molar-refractivity contribution in [3.05, 3.63) is 100 Å². The second-order valence-corrected chi connectivity index (χ2v) is 8.65. The largest absolute Gasteiger partial charge is 0.489 e. The van der Waals surface area contributed by atoms with E-state index in [9.17, 15) is 18.0 Å². The highest BCUT2D eigenvalue weighted by Gasteiger charge is 2.30. The summed E-state index contributed by atoms with van der Waals surface area (Å²) in [4.78, 5) is 16.9. The van der Waals surface area contributed by atoms with Crippen LogP contribution in [-0.4, -0.2) is 41.9 Å². The van der Waals surface area contributed by atoms with Crippen LogP contribution in [0, 0.1) is 0 Å². The van der Waals surface area contributed by atoms with Crippen LogP contribution in [0.3, 0.4) is 0 Å². The molecule has 0 aliphatic carbocycles. The Morgan fingerprint density at radius 3 is 2.26 bits per heavy atom. The molecule has 1 aliphatic rings. The molecule has 0 atom stereocenters. The van der Waals surface area contributed by atoms with Gasteiger partial charge in [0, 0.05) is 43.3 Å². The molecule has 0 unspecified atom stereocenters. The maximum absolute atomic E-state index is 13.0. The third-order valence-corrected chi connectivity index (χ3v) is 5.97. The maximum atomic E-state index is 13.0. The van der Waals surface area contributed by atoms with Crippen LogP contribution in [0.25, 0.3) is 0 Å². The minimum atomic E-state index is -4.35. The maximum Gasteiger partial charge on any atom is 0.416 e. The van der Waals surface area contributed by atoms with Crippen molar-refractivity contribution in [1.29, 1.82) is 0 Å². The van der Waals surface area contributed by atoms with E-state index < -0.39 is 11.7 Å². The van der Waals surface area contributed by atoms with Crippen LogP contribution in [-0.2, 0) is 19.3 Å². The van der Waals surface area contributed by atoms with Crippen LogP contribution in [0.5, 0.6) is 5.75 Å². The molecule has 0 saturated carbocycles. The van der Waals surface area contributed by atoms with E-state index in [0.717, 1.165) is 11.6 Å². The van der Waals surface area contributed by atoms with Gasteiger partial charge in [-0.15, -0.1) is 0 Å². The van der Waals surface area contributed by atoms with Crippen LogP contribution >= 0.6 is 11.6 Å². The first-order chi connectivity index (χ1) is 16.3. The lowest BCUT2D eigenvalue weighted by Gasteiger charge is -2.35. The van der Waals surface area contributed by atoms with E-state index in [-0.39, 0.29) is 5.91 Å². The monoisotopic (exact) mass is 488 g/mol. The number of carbonyl (C=O) groups excluding carboxylic acids is 1. The third kappa shape index (κ3) is 6.30. The zero-order chi connectivity index (χ0) is 24.1. The molecule has 1 fully saturated rings. The Hall–Kier alpha value is -3.03. The number of nitrogens with zero attached hydrogens (tertiary/aromatic N) is 2. The van der Waals surface area contributed by atoms with E-state index in [1.54, 1.807) is 41.3 Å². The quantitative estimate of drug-likeness (QED) is 0.433. The number of hydrogen-bond donors (Lipinski definition) is 0. The van der Waals surface area contributed by atoms with Crippen molar-refractivity contribution in [2.24, 2.45) is 0 Å².